The molecule has 0 aromatic carbocycles. The minimum Gasteiger partial charge on any atom is -0.377 e. The fourth-order valence-electron chi connectivity index (χ4n) is 2.91. The first-order chi connectivity index (χ1) is 11.2. The predicted molar refractivity (Wildman–Crippen MR) is 88.0 cm³/mol. The number of hydrogen-bond acceptors (Lipinski definition) is 5. The zero-order valence-electron chi connectivity index (χ0n) is 14.4. The Morgan fingerprint density at radius 2 is 1.35 bits per heavy atom. The second kappa shape index (κ2) is 8.40. The highest BCUT2D eigenvalue weighted by atomic mass is 16.8. The molecule has 0 aromatic rings. The van der Waals surface area contributed by atoms with Gasteiger partial charge >= 0.3 is 0 Å². The van der Waals surface area contributed by atoms with E-state index in [0.717, 1.165) is 12.8 Å². The molecule has 2 aliphatic heterocycles. The highest BCUT2D eigenvalue weighted by molar-refractivity contribution is 4.94. The van der Waals surface area contributed by atoms with E-state index in [4.69, 9.17) is 23.7 Å². The largest absolute Gasteiger partial charge is 0.377 e. The van der Waals surface area contributed by atoms with Crippen molar-refractivity contribution < 1.29 is 23.7 Å². The molecule has 0 spiro atoms. The summed E-state index contributed by atoms with van der Waals surface area (Å²) in [5, 5.41) is 0. The van der Waals surface area contributed by atoms with Gasteiger partial charge in [-0.25, -0.2) is 0 Å². The van der Waals surface area contributed by atoms with E-state index in [2.05, 4.69) is 27.0 Å². The Morgan fingerprint density at radius 1 is 0.913 bits per heavy atom. The number of hydrogen-bond donors (Lipinski definition) is 0. The van der Waals surface area contributed by atoms with Gasteiger partial charge in [0, 0.05) is 0 Å². The van der Waals surface area contributed by atoms with Crippen molar-refractivity contribution in [2.45, 2.75) is 39.3 Å². The van der Waals surface area contributed by atoms with E-state index in [9.17, 15) is 0 Å². The smallest absolute Gasteiger partial charge is 0.170 e. The van der Waals surface area contributed by atoms with Crippen molar-refractivity contribution in [3.8, 4) is 0 Å². The third-order valence-corrected chi connectivity index (χ3v) is 4.95. The van der Waals surface area contributed by atoms with Gasteiger partial charge in [0.25, 0.3) is 0 Å². The lowest BCUT2D eigenvalue weighted by atomic mass is 9.79. The van der Waals surface area contributed by atoms with Crippen molar-refractivity contribution >= 4 is 0 Å². The van der Waals surface area contributed by atoms with E-state index in [1.807, 2.05) is 0 Å². The summed E-state index contributed by atoms with van der Waals surface area (Å²) in [7, 11) is 0. The molecule has 23 heavy (non-hydrogen) atoms. The Morgan fingerprint density at radius 3 is 1.61 bits per heavy atom. The van der Waals surface area contributed by atoms with Crippen LogP contribution in [-0.2, 0) is 23.7 Å². The van der Waals surface area contributed by atoms with Crippen LogP contribution in [0.4, 0.5) is 0 Å². The number of ether oxygens (including phenoxy) is 5. The molecule has 0 aromatic heterocycles. The number of rotatable bonds is 12. The summed E-state index contributed by atoms with van der Waals surface area (Å²) in [5.74, 6) is 0. The highest BCUT2D eigenvalue weighted by Gasteiger charge is 2.55. The van der Waals surface area contributed by atoms with Gasteiger partial charge in [-0.3, -0.25) is 0 Å². The molecule has 4 unspecified atom stereocenters. The molecule has 0 aliphatic carbocycles. The quantitative estimate of drug-likeness (QED) is 0.408. The van der Waals surface area contributed by atoms with Gasteiger partial charge in [0.2, 0.25) is 0 Å². The van der Waals surface area contributed by atoms with Gasteiger partial charge in [-0.05, 0) is 12.8 Å². The molecule has 0 bridgehead atoms. The first-order valence-corrected chi connectivity index (χ1v) is 8.42. The lowest BCUT2D eigenvalue weighted by Gasteiger charge is -2.54. The van der Waals surface area contributed by atoms with Crippen LogP contribution in [0.25, 0.3) is 0 Å². The van der Waals surface area contributed by atoms with Gasteiger partial charge in [0.05, 0.1) is 50.5 Å². The molecule has 0 N–H and O–H groups in total. The fraction of sp³-hybridized carbons (Fsp3) is 0.778. The van der Waals surface area contributed by atoms with Crippen LogP contribution in [0.1, 0.15) is 26.7 Å². The summed E-state index contributed by atoms with van der Waals surface area (Å²) in [6.07, 6.45) is 4.82. The van der Waals surface area contributed by atoms with Crippen molar-refractivity contribution in [3.05, 3.63) is 25.3 Å². The van der Waals surface area contributed by atoms with Gasteiger partial charge in [-0.15, -0.1) is 13.2 Å². The Balaban J connectivity index is 1.89. The first-order valence-electron chi connectivity index (χ1n) is 8.42. The maximum Gasteiger partial charge on any atom is 0.170 e. The molecule has 0 radical (unpaired) electrons. The van der Waals surface area contributed by atoms with Gasteiger partial charge in [-0.2, -0.15) is 0 Å². The van der Waals surface area contributed by atoms with Gasteiger partial charge < -0.3 is 23.7 Å². The molecule has 2 rings (SSSR count). The van der Waals surface area contributed by atoms with Gasteiger partial charge in [-0.1, -0.05) is 26.0 Å². The lowest BCUT2D eigenvalue weighted by Crippen LogP contribution is -2.63. The monoisotopic (exact) mass is 326 g/mol. The van der Waals surface area contributed by atoms with Crippen LogP contribution in [-0.4, -0.2) is 52.2 Å². The topological polar surface area (TPSA) is 46.2 Å². The third-order valence-electron chi connectivity index (χ3n) is 4.95. The maximum atomic E-state index is 6.14. The zero-order chi connectivity index (χ0) is 16.8. The molecule has 0 amide bonds. The molecule has 2 heterocycles. The molecule has 2 fully saturated rings. The Kier molecular flexibility index (Phi) is 6.80. The SMILES string of the molecule is C=CCOCC1(CC)COC1OC1OCC1(CC)COCC=C. The van der Waals surface area contributed by atoms with Crippen LogP contribution in [0.15, 0.2) is 25.3 Å². The summed E-state index contributed by atoms with van der Waals surface area (Å²) in [4.78, 5) is 0. The average molecular weight is 326 g/mol. The molecule has 2 saturated heterocycles. The molecular formula is C18H30O5. The Hall–Kier alpha value is -0.720. The summed E-state index contributed by atoms with van der Waals surface area (Å²) < 4.78 is 28.8. The van der Waals surface area contributed by atoms with Crippen molar-refractivity contribution in [3.63, 3.8) is 0 Å². The Labute approximate surface area is 139 Å². The summed E-state index contributed by atoms with van der Waals surface area (Å²) >= 11 is 0. The van der Waals surface area contributed by atoms with Gasteiger partial charge in [0.15, 0.2) is 12.6 Å². The molecule has 132 valence electrons. The summed E-state index contributed by atoms with van der Waals surface area (Å²) in [6.45, 7) is 15.3. The van der Waals surface area contributed by atoms with E-state index in [0.29, 0.717) is 39.6 Å². The molecular weight excluding hydrogens is 296 g/mol. The van der Waals surface area contributed by atoms with Crippen LogP contribution < -0.4 is 0 Å². The second-order valence-corrected chi connectivity index (χ2v) is 6.46. The van der Waals surface area contributed by atoms with Crippen LogP contribution >= 0.6 is 0 Å². The minimum absolute atomic E-state index is 0.0938. The standard InChI is InChI=1S/C18H30O5/c1-5-9-19-11-17(7-3)13-21-15(17)23-16-18(8-4,14-22-16)12-20-10-6-2/h5-6,15-16H,1-2,7-14H2,3-4H3. The van der Waals surface area contributed by atoms with E-state index >= 15 is 0 Å². The van der Waals surface area contributed by atoms with Crippen LogP contribution in [0.3, 0.4) is 0 Å². The van der Waals surface area contributed by atoms with Gasteiger partial charge in [0.1, 0.15) is 0 Å². The lowest BCUT2D eigenvalue weighted by molar-refractivity contribution is -0.418. The molecule has 5 heteroatoms. The highest BCUT2D eigenvalue weighted by Crippen LogP contribution is 2.46. The van der Waals surface area contributed by atoms with Crippen molar-refractivity contribution in [1.82, 2.24) is 0 Å². The molecule has 0 saturated carbocycles. The van der Waals surface area contributed by atoms with Crippen LogP contribution in [0, 0.1) is 10.8 Å². The fourth-order valence-corrected chi connectivity index (χ4v) is 2.91. The summed E-state index contributed by atoms with van der Waals surface area (Å²) in [6, 6.07) is 0. The van der Waals surface area contributed by atoms with E-state index in [-0.39, 0.29) is 23.4 Å². The normalized spacial score (nSPS) is 36.1. The van der Waals surface area contributed by atoms with Crippen molar-refractivity contribution in [1.29, 1.82) is 0 Å². The van der Waals surface area contributed by atoms with E-state index in [1.165, 1.54) is 0 Å². The molecule has 2 aliphatic rings. The average Bonchev–Trinajstić information content (AvgIpc) is 2.54. The van der Waals surface area contributed by atoms with Crippen LogP contribution in [0.5, 0.6) is 0 Å². The third kappa shape index (κ3) is 3.86. The van der Waals surface area contributed by atoms with E-state index in [1.54, 1.807) is 12.2 Å². The van der Waals surface area contributed by atoms with Crippen molar-refractivity contribution in [2.75, 3.05) is 39.6 Å². The second-order valence-electron chi connectivity index (χ2n) is 6.46. The zero-order valence-corrected chi connectivity index (χ0v) is 14.4. The van der Waals surface area contributed by atoms with Crippen molar-refractivity contribution in [2.24, 2.45) is 10.8 Å². The molecule has 5 nitrogen and oxygen atoms in total. The maximum absolute atomic E-state index is 6.14. The van der Waals surface area contributed by atoms with E-state index < -0.39 is 0 Å². The van der Waals surface area contributed by atoms with Crippen LogP contribution in [0.2, 0.25) is 0 Å². The Bertz CT molecular complexity index is 355. The minimum atomic E-state index is -0.284. The summed E-state index contributed by atoms with van der Waals surface area (Å²) in [5.41, 5.74) is -0.188. The predicted octanol–water partition coefficient (Wildman–Crippen LogP) is 2.91. The first kappa shape index (κ1) is 18.6. The molecule has 4 atom stereocenters.